The van der Waals surface area contributed by atoms with Crippen LogP contribution in [0.2, 0.25) is 5.02 Å². The summed E-state index contributed by atoms with van der Waals surface area (Å²) in [5.74, 6) is 0.343. The van der Waals surface area contributed by atoms with E-state index in [2.05, 4.69) is 24.5 Å². The molecule has 0 fully saturated rings. The molecule has 0 unspecified atom stereocenters. The zero-order valence-electron chi connectivity index (χ0n) is 12.4. The Morgan fingerprint density at radius 1 is 1.10 bits per heavy atom. The van der Waals surface area contributed by atoms with Crippen LogP contribution in [0.5, 0.6) is 0 Å². The zero-order valence-corrected chi connectivity index (χ0v) is 13.2. The van der Waals surface area contributed by atoms with Gasteiger partial charge in [0.25, 0.3) is 0 Å². The first-order chi connectivity index (χ1) is 9.97. The van der Waals surface area contributed by atoms with E-state index in [0.29, 0.717) is 16.6 Å². The number of hydrogen-bond donors (Lipinski definition) is 2. The Morgan fingerprint density at radius 3 is 2.48 bits per heavy atom. The lowest BCUT2D eigenvalue weighted by Gasteiger charge is -2.14. The second-order valence-corrected chi connectivity index (χ2v) is 5.69. The molecule has 0 aromatic heterocycles. The zero-order chi connectivity index (χ0) is 15.4. The minimum atomic E-state index is -0.275. The molecule has 2 N–H and O–H groups in total. The number of carbonyl (C=O) groups excluding carboxylic acids is 1. The molecule has 0 aliphatic carbocycles. The maximum absolute atomic E-state index is 12.1. The highest BCUT2D eigenvalue weighted by atomic mass is 35.5. The van der Waals surface area contributed by atoms with Gasteiger partial charge < -0.3 is 10.6 Å². The molecule has 0 atom stereocenters. The van der Waals surface area contributed by atoms with Crippen LogP contribution in [0.3, 0.4) is 0 Å². The summed E-state index contributed by atoms with van der Waals surface area (Å²) >= 11 is 6.05. The van der Waals surface area contributed by atoms with Gasteiger partial charge in [-0.25, -0.2) is 4.79 Å². The van der Waals surface area contributed by atoms with E-state index in [9.17, 15) is 4.79 Å². The first-order valence-corrected chi connectivity index (χ1v) is 7.28. The third-order valence-electron chi connectivity index (χ3n) is 3.26. The number of halogens is 1. The van der Waals surface area contributed by atoms with Crippen LogP contribution in [-0.4, -0.2) is 6.03 Å². The lowest BCUT2D eigenvalue weighted by atomic mass is 10.0. The van der Waals surface area contributed by atoms with Gasteiger partial charge in [-0.1, -0.05) is 49.7 Å². The summed E-state index contributed by atoms with van der Waals surface area (Å²) in [5.41, 5.74) is 3.58. The highest BCUT2D eigenvalue weighted by Crippen LogP contribution is 2.24. The summed E-state index contributed by atoms with van der Waals surface area (Å²) < 4.78 is 0. The van der Waals surface area contributed by atoms with Crippen LogP contribution in [0.15, 0.2) is 42.5 Å². The summed E-state index contributed by atoms with van der Waals surface area (Å²) in [4.78, 5) is 12.1. The molecular formula is C17H19ClN2O. The number of aryl methyl sites for hydroxylation is 1. The van der Waals surface area contributed by atoms with Gasteiger partial charge in [-0.3, -0.25) is 0 Å². The molecule has 0 saturated carbocycles. The van der Waals surface area contributed by atoms with Crippen LogP contribution in [0.1, 0.15) is 30.9 Å². The molecule has 110 valence electrons. The summed E-state index contributed by atoms with van der Waals surface area (Å²) in [7, 11) is 0. The number of urea groups is 1. The maximum atomic E-state index is 12.1. The second-order valence-electron chi connectivity index (χ2n) is 5.29. The maximum Gasteiger partial charge on any atom is 0.323 e. The largest absolute Gasteiger partial charge is 0.323 e. The normalized spacial score (nSPS) is 10.5. The minimum absolute atomic E-state index is 0.275. The Kier molecular flexibility index (Phi) is 4.86. The van der Waals surface area contributed by atoms with Crippen molar-refractivity contribution in [1.29, 1.82) is 0 Å². The lowest BCUT2D eigenvalue weighted by Crippen LogP contribution is -2.20. The number of amides is 2. The summed E-state index contributed by atoms with van der Waals surface area (Å²) in [6.45, 7) is 6.11. The lowest BCUT2D eigenvalue weighted by molar-refractivity contribution is 0.262. The van der Waals surface area contributed by atoms with Crippen molar-refractivity contribution in [3.05, 3.63) is 58.6 Å². The van der Waals surface area contributed by atoms with Gasteiger partial charge in [-0.05, 0) is 42.2 Å². The average Bonchev–Trinajstić information content (AvgIpc) is 2.43. The Labute approximate surface area is 130 Å². The molecule has 4 heteroatoms. The molecule has 0 saturated heterocycles. The highest BCUT2D eigenvalue weighted by molar-refractivity contribution is 6.31. The molecule has 3 nitrogen and oxygen atoms in total. The number of hydrogen-bond acceptors (Lipinski definition) is 1. The first-order valence-electron chi connectivity index (χ1n) is 6.90. The minimum Gasteiger partial charge on any atom is -0.308 e. The molecule has 0 bridgehead atoms. The molecular weight excluding hydrogens is 284 g/mol. The Morgan fingerprint density at radius 2 is 1.81 bits per heavy atom. The van der Waals surface area contributed by atoms with Gasteiger partial charge in [0, 0.05) is 16.4 Å². The van der Waals surface area contributed by atoms with Crippen LogP contribution < -0.4 is 10.6 Å². The molecule has 0 spiro atoms. The molecule has 0 heterocycles. The number of rotatable bonds is 3. The monoisotopic (exact) mass is 302 g/mol. The molecule has 21 heavy (non-hydrogen) atoms. The molecule has 2 rings (SSSR count). The molecule has 0 aliphatic heterocycles. The van der Waals surface area contributed by atoms with Crippen molar-refractivity contribution in [3.63, 3.8) is 0 Å². The van der Waals surface area contributed by atoms with E-state index in [1.807, 2.05) is 43.3 Å². The molecule has 2 aromatic carbocycles. The van der Waals surface area contributed by atoms with Crippen LogP contribution in [-0.2, 0) is 0 Å². The highest BCUT2D eigenvalue weighted by Gasteiger charge is 2.09. The Bertz CT molecular complexity index is 653. The number of para-hydroxylation sites is 1. The van der Waals surface area contributed by atoms with Crippen molar-refractivity contribution in [1.82, 2.24) is 0 Å². The van der Waals surface area contributed by atoms with Crippen LogP contribution in [0.4, 0.5) is 16.2 Å². The van der Waals surface area contributed by atoms with Gasteiger partial charge >= 0.3 is 6.03 Å². The standard InChI is InChI=1S/C17H19ClN2O/c1-11(2)14-6-4-5-7-16(14)20-17(21)19-13-9-8-12(3)15(18)10-13/h4-11H,1-3H3,(H2,19,20,21). The van der Waals surface area contributed by atoms with Crippen molar-refractivity contribution in [2.75, 3.05) is 10.6 Å². The number of benzene rings is 2. The van der Waals surface area contributed by atoms with E-state index in [4.69, 9.17) is 11.6 Å². The van der Waals surface area contributed by atoms with E-state index >= 15 is 0 Å². The van der Waals surface area contributed by atoms with Gasteiger partial charge in [-0.15, -0.1) is 0 Å². The van der Waals surface area contributed by atoms with Gasteiger partial charge in [0.05, 0.1) is 0 Å². The fraction of sp³-hybridized carbons (Fsp3) is 0.235. The summed E-state index contributed by atoms with van der Waals surface area (Å²) in [5, 5.41) is 6.31. The van der Waals surface area contributed by atoms with Gasteiger partial charge in [0.1, 0.15) is 0 Å². The second kappa shape index (κ2) is 6.64. The topological polar surface area (TPSA) is 41.1 Å². The quantitative estimate of drug-likeness (QED) is 0.781. The first kappa shape index (κ1) is 15.4. The average molecular weight is 303 g/mol. The van der Waals surface area contributed by atoms with Gasteiger partial charge in [-0.2, -0.15) is 0 Å². The smallest absolute Gasteiger partial charge is 0.308 e. The number of carbonyl (C=O) groups is 1. The predicted octanol–water partition coefficient (Wildman–Crippen LogP) is 5.42. The van der Waals surface area contributed by atoms with E-state index in [0.717, 1.165) is 16.8 Å². The van der Waals surface area contributed by atoms with Crippen molar-refractivity contribution in [2.45, 2.75) is 26.7 Å². The molecule has 2 aromatic rings. The van der Waals surface area contributed by atoms with Crippen LogP contribution in [0.25, 0.3) is 0 Å². The fourth-order valence-electron chi connectivity index (χ4n) is 2.07. The van der Waals surface area contributed by atoms with Crippen LogP contribution in [0, 0.1) is 6.92 Å². The molecule has 2 amide bonds. The van der Waals surface area contributed by atoms with Crippen molar-refractivity contribution >= 4 is 29.0 Å². The Balaban J connectivity index is 2.10. The number of nitrogens with one attached hydrogen (secondary N) is 2. The van der Waals surface area contributed by atoms with Crippen molar-refractivity contribution in [2.24, 2.45) is 0 Å². The third-order valence-corrected chi connectivity index (χ3v) is 3.67. The summed E-state index contributed by atoms with van der Waals surface area (Å²) in [6, 6.07) is 13.0. The SMILES string of the molecule is Cc1ccc(NC(=O)Nc2ccccc2C(C)C)cc1Cl. The third kappa shape index (κ3) is 3.99. The predicted molar refractivity (Wildman–Crippen MR) is 89.4 cm³/mol. The molecule has 0 radical (unpaired) electrons. The van der Waals surface area contributed by atoms with Crippen molar-refractivity contribution < 1.29 is 4.79 Å². The number of anilines is 2. The van der Waals surface area contributed by atoms with E-state index in [-0.39, 0.29) is 6.03 Å². The van der Waals surface area contributed by atoms with E-state index in [1.165, 1.54) is 0 Å². The van der Waals surface area contributed by atoms with E-state index in [1.54, 1.807) is 6.07 Å². The van der Waals surface area contributed by atoms with Gasteiger partial charge in [0.2, 0.25) is 0 Å². The van der Waals surface area contributed by atoms with Crippen molar-refractivity contribution in [3.8, 4) is 0 Å². The summed E-state index contributed by atoms with van der Waals surface area (Å²) in [6.07, 6.45) is 0. The van der Waals surface area contributed by atoms with E-state index < -0.39 is 0 Å². The van der Waals surface area contributed by atoms with Crippen LogP contribution >= 0.6 is 11.6 Å². The fourth-order valence-corrected chi connectivity index (χ4v) is 2.25. The molecule has 0 aliphatic rings. The Hall–Kier alpha value is -2.00. The van der Waals surface area contributed by atoms with Gasteiger partial charge in [0.15, 0.2) is 0 Å².